The molecule has 2 aliphatic rings. The number of rotatable bonds is 5. The molecule has 2 aromatic rings. The zero-order valence-electron chi connectivity index (χ0n) is 15.4. The minimum Gasteiger partial charge on any atom is -0.273 e. The van der Waals surface area contributed by atoms with Crippen LogP contribution in [0.25, 0.3) is 0 Å². The SMILES string of the molecule is O=C1c2cccnc2C(=O)N1CCc1ccc(S(=O)(=O)N2CCCCC2)cc1. The number of aromatic nitrogens is 1. The number of hydrogen-bond acceptors (Lipinski definition) is 5. The molecule has 2 aliphatic heterocycles. The van der Waals surface area contributed by atoms with Gasteiger partial charge >= 0.3 is 0 Å². The van der Waals surface area contributed by atoms with Crippen molar-refractivity contribution in [2.24, 2.45) is 0 Å². The zero-order chi connectivity index (χ0) is 19.7. The van der Waals surface area contributed by atoms with Gasteiger partial charge in [0.05, 0.1) is 10.5 Å². The van der Waals surface area contributed by atoms with E-state index >= 15 is 0 Å². The average molecular weight is 399 g/mol. The fraction of sp³-hybridized carbons (Fsp3) is 0.350. The van der Waals surface area contributed by atoms with E-state index in [0.717, 1.165) is 24.8 Å². The molecule has 8 heteroatoms. The van der Waals surface area contributed by atoms with Crippen LogP contribution in [0.4, 0.5) is 0 Å². The topological polar surface area (TPSA) is 87.6 Å². The van der Waals surface area contributed by atoms with Crippen LogP contribution in [0.3, 0.4) is 0 Å². The van der Waals surface area contributed by atoms with E-state index in [2.05, 4.69) is 4.98 Å². The van der Waals surface area contributed by atoms with Crippen LogP contribution in [0.2, 0.25) is 0 Å². The second kappa shape index (κ2) is 7.44. The number of piperidine rings is 1. The molecule has 28 heavy (non-hydrogen) atoms. The Morgan fingerprint density at radius 3 is 2.32 bits per heavy atom. The van der Waals surface area contributed by atoms with Crippen molar-refractivity contribution in [2.75, 3.05) is 19.6 Å². The second-order valence-electron chi connectivity index (χ2n) is 7.02. The molecule has 0 aliphatic carbocycles. The smallest absolute Gasteiger partial charge is 0.273 e. The highest BCUT2D eigenvalue weighted by atomic mass is 32.2. The summed E-state index contributed by atoms with van der Waals surface area (Å²) in [6.45, 7) is 1.36. The number of nitrogens with zero attached hydrogens (tertiary/aromatic N) is 3. The molecule has 1 saturated heterocycles. The predicted molar refractivity (Wildman–Crippen MR) is 102 cm³/mol. The number of pyridine rings is 1. The van der Waals surface area contributed by atoms with Crippen LogP contribution in [0.15, 0.2) is 47.5 Å². The molecule has 0 N–H and O–H groups in total. The van der Waals surface area contributed by atoms with Gasteiger partial charge in [0.1, 0.15) is 5.69 Å². The first kappa shape index (κ1) is 18.8. The third-order valence-electron chi connectivity index (χ3n) is 5.23. The quantitative estimate of drug-likeness (QED) is 0.719. The number of sulfonamides is 1. The van der Waals surface area contributed by atoms with E-state index in [-0.39, 0.29) is 28.9 Å². The van der Waals surface area contributed by atoms with Crippen LogP contribution >= 0.6 is 0 Å². The number of hydrogen-bond donors (Lipinski definition) is 0. The Bertz CT molecular complexity index is 977. The van der Waals surface area contributed by atoms with Crippen LogP contribution < -0.4 is 0 Å². The molecule has 1 aromatic heterocycles. The summed E-state index contributed by atoms with van der Waals surface area (Å²) in [4.78, 5) is 30.2. The predicted octanol–water partition coefficient (Wildman–Crippen LogP) is 2.09. The van der Waals surface area contributed by atoms with E-state index in [0.29, 0.717) is 25.1 Å². The van der Waals surface area contributed by atoms with Gasteiger partial charge in [0.2, 0.25) is 10.0 Å². The van der Waals surface area contributed by atoms with Crippen molar-refractivity contribution >= 4 is 21.8 Å². The molecule has 3 heterocycles. The fourth-order valence-electron chi connectivity index (χ4n) is 3.64. The van der Waals surface area contributed by atoms with Gasteiger partial charge in [-0.3, -0.25) is 19.5 Å². The van der Waals surface area contributed by atoms with E-state index in [4.69, 9.17) is 0 Å². The van der Waals surface area contributed by atoms with Crippen molar-refractivity contribution in [1.82, 2.24) is 14.2 Å². The maximum Gasteiger partial charge on any atom is 0.280 e. The first-order valence-corrected chi connectivity index (χ1v) is 10.8. The molecule has 146 valence electrons. The number of carbonyl (C=O) groups excluding carboxylic acids is 2. The normalized spacial score (nSPS) is 17.8. The molecular weight excluding hydrogens is 378 g/mol. The highest BCUT2D eigenvalue weighted by Gasteiger charge is 2.36. The highest BCUT2D eigenvalue weighted by molar-refractivity contribution is 7.89. The molecule has 0 radical (unpaired) electrons. The Morgan fingerprint density at radius 2 is 1.64 bits per heavy atom. The highest BCUT2D eigenvalue weighted by Crippen LogP contribution is 2.23. The third kappa shape index (κ3) is 3.33. The molecule has 0 unspecified atom stereocenters. The summed E-state index contributed by atoms with van der Waals surface area (Å²) < 4.78 is 26.9. The minimum atomic E-state index is -3.46. The van der Waals surface area contributed by atoms with Gasteiger partial charge in [0.25, 0.3) is 11.8 Å². The van der Waals surface area contributed by atoms with Gasteiger partial charge in [-0.2, -0.15) is 4.31 Å². The first-order valence-electron chi connectivity index (χ1n) is 9.39. The zero-order valence-corrected chi connectivity index (χ0v) is 16.2. The summed E-state index contributed by atoms with van der Waals surface area (Å²) in [6, 6.07) is 9.92. The van der Waals surface area contributed by atoms with Crippen LogP contribution in [0, 0.1) is 0 Å². The average Bonchev–Trinajstić information content (AvgIpc) is 2.98. The van der Waals surface area contributed by atoms with E-state index < -0.39 is 10.0 Å². The Hall–Kier alpha value is -2.58. The van der Waals surface area contributed by atoms with Gasteiger partial charge in [-0.1, -0.05) is 18.6 Å². The Kier molecular flexibility index (Phi) is 4.99. The molecular formula is C20H21N3O4S. The lowest BCUT2D eigenvalue weighted by Gasteiger charge is -2.25. The summed E-state index contributed by atoms with van der Waals surface area (Å²) >= 11 is 0. The summed E-state index contributed by atoms with van der Waals surface area (Å²) in [5, 5.41) is 0. The lowest BCUT2D eigenvalue weighted by atomic mass is 10.1. The van der Waals surface area contributed by atoms with Crippen molar-refractivity contribution < 1.29 is 18.0 Å². The minimum absolute atomic E-state index is 0.190. The standard InChI is InChI=1S/C20H21N3O4S/c24-19-17-5-4-11-21-18(17)20(25)23(19)14-10-15-6-8-16(9-7-15)28(26,27)22-12-2-1-3-13-22/h4-9,11H,1-3,10,12-14H2. The van der Waals surface area contributed by atoms with Crippen LogP contribution in [0.5, 0.6) is 0 Å². The van der Waals surface area contributed by atoms with E-state index in [9.17, 15) is 18.0 Å². The van der Waals surface area contributed by atoms with Crippen molar-refractivity contribution in [3.8, 4) is 0 Å². The van der Waals surface area contributed by atoms with Gasteiger partial charge in [0.15, 0.2) is 0 Å². The largest absolute Gasteiger partial charge is 0.280 e. The van der Waals surface area contributed by atoms with E-state index in [1.165, 1.54) is 15.4 Å². The van der Waals surface area contributed by atoms with Crippen LogP contribution in [-0.2, 0) is 16.4 Å². The van der Waals surface area contributed by atoms with Crippen LogP contribution in [0.1, 0.15) is 45.7 Å². The maximum atomic E-state index is 12.7. The first-order chi connectivity index (χ1) is 13.5. The molecule has 7 nitrogen and oxygen atoms in total. The summed E-state index contributed by atoms with van der Waals surface area (Å²) in [6.07, 6.45) is 4.81. The molecule has 0 saturated carbocycles. The maximum absolute atomic E-state index is 12.7. The van der Waals surface area contributed by atoms with E-state index in [1.807, 2.05) is 0 Å². The molecule has 1 aromatic carbocycles. The second-order valence-corrected chi connectivity index (χ2v) is 8.96. The molecule has 4 rings (SSSR count). The number of fused-ring (bicyclic) bond motifs is 1. The number of imide groups is 1. The Balaban J connectivity index is 1.43. The van der Waals surface area contributed by atoms with Gasteiger partial charge in [-0.15, -0.1) is 0 Å². The Labute approximate surface area is 164 Å². The van der Waals surface area contributed by atoms with Crippen molar-refractivity contribution in [3.05, 3.63) is 59.4 Å². The number of carbonyl (C=O) groups is 2. The van der Waals surface area contributed by atoms with Gasteiger partial charge in [0, 0.05) is 25.8 Å². The molecule has 0 spiro atoms. The summed E-state index contributed by atoms with van der Waals surface area (Å²) in [5.74, 6) is -0.720. The molecule has 1 fully saturated rings. The van der Waals surface area contributed by atoms with Crippen LogP contribution in [-0.4, -0.2) is 54.1 Å². The van der Waals surface area contributed by atoms with Gasteiger partial charge in [-0.25, -0.2) is 8.42 Å². The van der Waals surface area contributed by atoms with Crippen molar-refractivity contribution in [3.63, 3.8) is 0 Å². The van der Waals surface area contributed by atoms with Crippen molar-refractivity contribution in [1.29, 1.82) is 0 Å². The van der Waals surface area contributed by atoms with Gasteiger partial charge in [-0.05, 0) is 49.1 Å². The van der Waals surface area contributed by atoms with E-state index in [1.54, 1.807) is 36.4 Å². The summed E-state index contributed by atoms with van der Waals surface area (Å²) in [7, 11) is -3.46. The van der Waals surface area contributed by atoms with Gasteiger partial charge < -0.3 is 0 Å². The monoisotopic (exact) mass is 399 g/mol. The fourth-order valence-corrected chi connectivity index (χ4v) is 5.16. The lowest BCUT2D eigenvalue weighted by Crippen LogP contribution is -2.35. The summed E-state index contributed by atoms with van der Waals surface area (Å²) in [5.41, 5.74) is 1.38. The number of benzene rings is 1. The number of amides is 2. The Morgan fingerprint density at radius 1 is 0.929 bits per heavy atom. The third-order valence-corrected chi connectivity index (χ3v) is 7.14. The van der Waals surface area contributed by atoms with Crippen molar-refractivity contribution in [2.45, 2.75) is 30.6 Å². The molecule has 0 bridgehead atoms. The lowest BCUT2D eigenvalue weighted by molar-refractivity contribution is 0.0654. The molecule has 0 atom stereocenters. The molecule has 2 amide bonds.